The Kier molecular flexibility index (Phi) is 4.56. The summed E-state index contributed by atoms with van der Waals surface area (Å²) in [5.74, 6) is -0.208. The largest absolute Gasteiger partial charge is 0.305 e. The molecule has 0 fully saturated rings. The maximum absolute atomic E-state index is 13.0. The van der Waals surface area contributed by atoms with E-state index < -0.39 is 0 Å². The summed E-state index contributed by atoms with van der Waals surface area (Å²) < 4.78 is 16.4. The van der Waals surface area contributed by atoms with Crippen molar-refractivity contribution < 1.29 is 9.18 Å². The molecule has 5 rings (SSSR count). The first kappa shape index (κ1) is 18.2. The Morgan fingerprint density at radius 1 is 1.13 bits per heavy atom. The van der Waals surface area contributed by atoms with Crippen LogP contribution in [0.15, 0.2) is 72.5 Å². The molecule has 0 spiro atoms. The van der Waals surface area contributed by atoms with Crippen molar-refractivity contribution in [3.63, 3.8) is 0 Å². The third-order valence-corrected chi connectivity index (χ3v) is 5.45. The molecule has 0 bridgehead atoms. The molecule has 0 saturated heterocycles. The Morgan fingerprint density at radius 3 is 2.80 bits per heavy atom. The van der Waals surface area contributed by atoms with E-state index in [1.54, 1.807) is 51.1 Å². The fraction of sp³-hybridized carbons (Fsp3) is 0.0476. The second-order valence-electron chi connectivity index (χ2n) is 6.58. The number of anilines is 1. The summed E-state index contributed by atoms with van der Waals surface area (Å²) in [6.07, 6.45) is 4.92. The van der Waals surface area contributed by atoms with Crippen molar-refractivity contribution in [3.05, 3.63) is 89.4 Å². The molecular formula is C21H15FN6OS. The Labute approximate surface area is 174 Å². The standard InChI is InChI=1S/C21H15FN6OS/c22-15-5-3-14(4-6-15)13-27-10-8-19(26-27)25-21(29)16-12-24-28-17(7-9-23-20(16)28)18-2-1-11-30-18/h1-12H,13H2,(H,25,26,29). The van der Waals surface area contributed by atoms with Crippen molar-refractivity contribution in [2.45, 2.75) is 6.54 Å². The summed E-state index contributed by atoms with van der Waals surface area (Å²) in [6.45, 7) is 0.471. The highest BCUT2D eigenvalue weighted by Crippen LogP contribution is 2.25. The smallest absolute Gasteiger partial charge is 0.262 e. The van der Waals surface area contributed by atoms with Gasteiger partial charge in [0, 0.05) is 18.5 Å². The lowest BCUT2D eigenvalue weighted by Gasteiger charge is -2.04. The molecule has 0 aliphatic heterocycles. The van der Waals surface area contributed by atoms with Gasteiger partial charge in [0.05, 0.1) is 23.3 Å². The molecular weight excluding hydrogens is 403 g/mol. The highest BCUT2D eigenvalue weighted by atomic mass is 32.1. The number of rotatable bonds is 5. The van der Waals surface area contributed by atoms with Crippen LogP contribution >= 0.6 is 11.3 Å². The zero-order valence-electron chi connectivity index (χ0n) is 15.6. The molecule has 0 radical (unpaired) electrons. The highest BCUT2D eigenvalue weighted by molar-refractivity contribution is 7.13. The molecule has 4 aromatic heterocycles. The number of nitrogens with one attached hydrogen (secondary N) is 1. The molecule has 1 N–H and O–H groups in total. The monoisotopic (exact) mass is 418 g/mol. The van der Waals surface area contributed by atoms with Gasteiger partial charge in [-0.15, -0.1) is 11.3 Å². The number of hydrogen-bond donors (Lipinski definition) is 1. The van der Waals surface area contributed by atoms with Gasteiger partial charge in [-0.25, -0.2) is 13.9 Å². The number of fused-ring (bicyclic) bond motifs is 1. The number of hydrogen-bond acceptors (Lipinski definition) is 5. The zero-order chi connectivity index (χ0) is 20.5. The molecule has 1 amide bonds. The number of thiophene rings is 1. The van der Waals surface area contributed by atoms with Crippen LogP contribution in [-0.2, 0) is 6.54 Å². The highest BCUT2D eigenvalue weighted by Gasteiger charge is 2.17. The molecule has 0 aliphatic rings. The quantitative estimate of drug-likeness (QED) is 0.466. The zero-order valence-corrected chi connectivity index (χ0v) is 16.4. The lowest BCUT2D eigenvalue weighted by molar-refractivity contribution is 0.102. The lowest BCUT2D eigenvalue weighted by Crippen LogP contribution is -2.13. The summed E-state index contributed by atoms with van der Waals surface area (Å²) in [5.41, 5.74) is 2.62. The van der Waals surface area contributed by atoms with Crippen LogP contribution in [0.1, 0.15) is 15.9 Å². The average Bonchev–Trinajstić information content (AvgIpc) is 3.50. The Morgan fingerprint density at radius 2 is 2.00 bits per heavy atom. The van der Waals surface area contributed by atoms with Crippen LogP contribution in [-0.4, -0.2) is 30.3 Å². The van der Waals surface area contributed by atoms with Gasteiger partial charge in [-0.05, 0) is 35.2 Å². The Balaban J connectivity index is 1.36. The first-order chi connectivity index (χ1) is 14.7. The first-order valence-corrected chi connectivity index (χ1v) is 10.0. The fourth-order valence-corrected chi connectivity index (χ4v) is 3.88. The molecule has 0 atom stereocenters. The van der Waals surface area contributed by atoms with Crippen LogP contribution in [0.3, 0.4) is 0 Å². The van der Waals surface area contributed by atoms with Crippen molar-refractivity contribution in [3.8, 4) is 10.6 Å². The normalized spacial score (nSPS) is 11.1. The maximum atomic E-state index is 13.0. The number of aromatic nitrogens is 5. The minimum Gasteiger partial charge on any atom is -0.305 e. The van der Waals surface area contributed by atoms with E-state index in [1.165, 1.54) is 18.3 Å². The van der Waals surface area contributed by atoms with Gasteiger partial charge in [-0.1, -0.05) is 18.2 Å². The third-order valence-electron chi connectivity index (χ3n) is 4.56. The van der Waals surface area contributed by atoms with E-state index in [4.69, 9.17) is 0 Å². The second kappa shape index (κ2) is 7.53. The van der Waals surface area contributed by atoms with Crippen molar-refractivity contribution in [2.75, 3.05) is 5.32 Å². The minimum absolute atomic E-state index is 0.281. The van der Waals surface area contributed by atoms with E-state index in [0.717, 1.165) is 16.1 Å². The van der Waals surface area contributed by atoms with Crippen molar-refractivity contribution in [2.24, 2.45) is 0 Å². The number of nitrogens with zero attached hydrogens (tertiary/aromatic N) is 5. The number of carbonyl (C=O) groups excluding carboxylic acids is 1. The number of halogens is 1. The summed E-state index contributed by atoms with van der Waals surface area (Å²) in [5, 5.41) is 13.5. The van der Waals surface area contributed by atoms with Gasteiger partial charge in [0.25, 0.3) is 5.91 Å². The summed E-state index contributed by atoms with van der Waals surface area (Å²) in [4.78, 5) is 18.2. The molecule has 9 heteroatoms. The van der Waals surface area contributed by atoms with Gasteiger partial charge >= 0.3 is 0 Å². The van der Waals surface area contributed by atoms with Crippen molar-refractivity contribution >= 4 is 28.7 Å². The molecule has 0 aliphatic carbocycles. The SMILES string of the molecule is O=C(Nc1ccn(Cc2ccc(F)cc2)n1)c1cnn2c(-c3cccs3)ccnc12. The number of carbonyl (C=O) groups is 1. The van der Waals surface area contributed by atoms with Gasteiger partial charge in [-0.3, -0.25) is 9.48 Å². The predicted molar refractivity (Wildman–Crippen MR) is 112 cm³/mol. The van der Waals surface area contributed by atoms with Gasteiger partial charge in [0.15, 0.2) is 11.5 Å². The summed E-state index contributed by atoms with van der Waals surface area (Å²) in [7, 11) is 0. The van der Waals surface area contributed by atoms with Gasteiger partial charge in [0.1, 0.15) is 11.4 Å². The molecule has 7 nitrogen and oxygen atoms in total. The lowest BCUT2D eigenvalue weighted by atomic mass is 10.2. The summed E-state index contributed by atoms with van der Waals surface area (Å²) >= 11 is 1.59. The van der Waals surface area contributed by atoms with Crippen molar-refractivity contribution in [1.82, 2.24) is 24.4 Å². The molecule has 148 valence electrons. The van der Waals surface area contributed by atoms with E-state index in [1.807, 2.05) is 23.6 Å². The van der Waals surface area contributed by atoms with E-state index in [9.17, 15) is 9.18 Å². The van der Waals surface area contributed by atoms with Gasteiger partial charge < -0.3 is 5.32 Å². The van der Waals surface area contributed by atoms with Crippen LogP contribution in [0.25, 0.3) is 16.2 Å². The van der Waals surface area contributed by atoms with E-state index in [-0.39, 0.29) is 11.7 Å². The maximum Gasteiger partial charge on any atom is 0.262 e. The summed E-state index contributed by atoms with van der Waals surface area (Å²) in [6, 6.07) is 13.7. The molecule has 4 heterocycles. The average molecular weight is 418 g/mol. The molecule has 1 aromatic carbocycles. The van der Waals surface area contributed by atoms with E-state index >= 15 is 0 Å². The molecule has 0 saturated carbocycles. The number of amides is 1. The van der Waals surface area contributed by atoms with Gasteiger partial charge in [0.2, 0.25) is 0 Å². The number of benzene rings is 1. The van der Waals surface area contributed by atoms with Crippen LogP contribution < -0.4 is 5.32 Å². The molecule has 30 heavy (non-hydrogen) atoms. The Bertz CT molecular complexity index is 1320. The fourth-order valence-electron chi connectivity index (χ4n) is 3.14. The van der Waals surface area contributed by atoms with Gasteiger partial charge in [-0.2, -0.15) is 10.2 Å². The first-order valence-electron chi connectivity index (χ1n) is 9.13. The molecule has 5 aromatic rings. The third kappa shape index (κ3) is 3.46. The predicted octanol–water partition coefficient (Wildman–Crippen LogP) is 4.09. The van der Waals surface area contributed by atoms with Crippen LogP contribution in [0.4, 0.5) is 10.2 Å². The molecule has 0 unspecified atom stereocenters. The van der Waals surface area contributed by atoms with Crippen LogP contribution in [0, 0.1) is 5.82 Å². The Hall–Kier alpha value is -3.85. The van der Waals surface area contributed by atoms with Crippen LogP contribution in [0.5, 0.6) is 0 Å². The van der Waals surface area contributed by atoms with E-state index in [2.05, 4.69) is 20.5 Å². The van der Waals surface area contributed by atoms with E-state index in [0.29, 0.717) is 23.6 Å². The minimum atomic E-state index is -0.340. The van der Waals surface area contributed by atoms with Crippen LogP contribution in [0.2, 0.25) is 0 Å². The van der Waals surface area contributed by atoms with Crippen molar-refractivity contribution in [1.29, 1.82) is 0 Å². The topological polar surface area (TPSA) is 77.1 Å². The second-order valence-corrected chi connectivity index (χ2v) is 7.53.